The molecule has 0 amide bonds. The molecule has 1 N–H and O–H groups in total. The molecule has 2 aliphatic rings. The van der Waals surface area contributed by atoms with Gasteiger partial charge in [-0.05, 0) is 64.4 Å². The van der Waals surface area contributed by atoms with E-state index in [1.54, 1.807) is 6.92 Å². The molecule has 21 heavy (non-hydrogen) atoms. The van der Waals surface area contributed by atoms with Gasteiger partial charge in [-0.25, -0.2) is 0 Å². The number of pyridine rings is 1. The fourth-order valence-corrected chi connectivity index (χ4v) is 3.10. The first-order valence-corrected chi connectivity index (χ1v) is 8.00. The smallest absolute Gasteiger partial charge is 0.134 e. The van der Waals surface area contributed by atoms with Crippen molar-refractivity contribution in [2.45, 2.75) is 38.6 Å². The van der Waals surface area contributed by atoms with E-state index in [2.05, 4.69) is 28.3 Å². The highest BCUT2D eigenvalue weighted by atomic mass is 16.1. The highest BCUT2D eigenvalue weighted by Crippen LogP contribution is 2.29. The molecule has 2 aliphatic heterocycles. The predicted molar refractivity (Wildman–Crippen MR) is 85.1 cm³/mol. The van der Waals surface area contributed by atoms with Crippen LogP contribution in [0.4, 0.5) is 0 Å². The number of nitrogens with one attached hydrogen (secondary N) is 1. The van der Waals surface area contributed by atoms with Crippen molar-refractivity contribution in [1.29, 1.82) is 0 Å². The molecule has 3 rings (SSSR count). The maximum atomic E-state index is 10.8. The van der Waals surface area contributed by atoms with Crippen molar-refractivity contribution >= 4 is 5.78 Å². The van der Waals surface area contributed by atoms with Crippen molar-refractivity contribution in [3.05, 3.63) is 30.1 Å². The molecule has 0 saturated carbocycles. The summed E-state index contributed by atoms with van der Waals surface area (Å²) in [5.41, 5.74) is 1.36. The third-order valence-corrected chi connectivity index (χ3v) is 4.46. The average Bonchev–Trinajstić information content (AvgIpc) is 2.96. The summed E-state index contributed by atoms with van der Waals surface area (Å²) < 4.78 is 0. The Bertz CT molecular complexity index is 429. The van der Waals surface area contributed by atoms with Gasteiger partial charge in [-0.15, -0.1) is 0 Å². The van der Waals surface area contributed by atoms with Crippen molar-refractivity contribution in [3.63, 3.8) is 0 Å². The Morgan fingerprint density at radius 1 is 1.38 bits per heavy atom. The molecule has 3 heterocycles. The molecule has 1 unspecified atom stereocenters. The maximum Gasteiger partial charge on any atom is 0.134 e. The van der Waals surface area contributed by atoms with Crippen LogP contribution in [-0.4, -0.2) is 42.3 Å². The molecule has 0 bridgehead atoms. The van der Waals surface area contributed by atoms with E-state index in [1.165, 1.54) is 24.9 Å². The van der Waals surface area contributed by atoms with Crippen LogP contribution in [0, 0.1) is 5.92 Å². The van der Waals surface area contributed by atoms with Gasteiger partial charge in [0.1, 0.15) is 5.78 Å². The number of ketones is 1. The van der Waals surface area contributed by atoms with Crippen molar-refractivity contribution in [3.8, 4) is 0 Å². The second-order valence-electron chi connectivity index (χ2n) is 6.08. The molecular weight excluding hydrogens is 262 g/mol. The highest BCUT2D eigenvalue weighted by Gasteiger charge is 2.22. The van der Waals surface area contributed by atoms with Gasteiger partial charge < -0.3 is 5.32 Å². The number of hydrogen-bond donors (Lipinski definition) is 1. The number of nitrogens with zero attached hydrogens (tertiary/aromatic N) is 2. The van der Waals surface area contributed by atoms with E-state index >= 15 is 0 Å². The van der Waals surface area contributed by atoms with Crippen LogP contribution in [0.5, 0.6) is 0 Å². The van der Waals surface area contributed by atoms with Gasteiger partial charge in [-0.2, -0.15) is 0 Å². The Morgan fingerprint density at radius 2 is 2.24 bits per heavy atom. The zero-order chi connectivity index (χ0) is 15.1. The van der Waals surface area contributed by atoms with E-state index in [0.717, 1.165) is 25.9 Å². The second kappa shape index (κ2) is 8.25. The van der Waals surface area contributed by atoms with E-state index in [9.17, 15) is 4.79 Å². The lowest BCUT2D eigenvalue weighted by molar-refractivity contribution is -0.121. The monoisotopic (exact) mass is 289 g/mol. The fraction of sp³-hybridized carbons (Fsp3) is 0.647. The van der Waals surface area contributed by atoms with Crippen LogP contribution in [0.1, 0.15) is 44.2 Å². The molecular formula is C17H27N3O. The summed E-state index contributed by atoms with van der Waals surface area (Å²) in [4.78, 5) is 17.3. The quantitative estimate of drug-likeness (QED) is 0.908. The molecule has 0 aromatic carbocycles. The van der Waals surface area contributed by atoms with E-state index in [-0.39, 0.29) is 0 Å². The van der Waals surface area contributed by atoms with Crippen LogP contribution >= 0.6 is 0 Å². The van der Waals surface area contributed by atoms with E-state index < -0.39 is 0 Å². The third kappa shape index (κ3) is 4.90. The van der Waals surface area contributed by atoms with Crippen LogP contribution in [0.15, 0.2) is 24.5 Å². The number of carbonyl (C=O) groups excluding carboxylic acids is 1. The standard InChI is InChI=1S/C10H14N2.C7H13NO/c1-12-7-3-5-10(12)9-4-2-6-11-8-9;1-6(9)7-3-2-4-8-5-7/h2,4,6,8,10H,3,5,7H2,1H3;7-8H,2-5H2,1H3/t10-;/m0./s1. The van der Waals surface area contributed by atoms with Crippen molar-refractivity contribution in [2.75, 3.05) is 26.7 Å². The Labute approximate surface area is 127 Å². The lowest BCUT2D eigenvalue weighted by Gasteiger charge is -2.19. The maximum absolute atomic E-state index is 10.8. The largest absolute Gasteiger partial charge is 0.316 e. The summed E-state index contributed by atoms with van der Waals surface area (Å²) >= 11 is 0. The summed E-state index contributed by atoms with van der Waals surface area (Å²) in [6, 6.07) is 4.79. The van der Waals surface area contributed by atoms with E-state index in [1.807, 2.05) is 18.5 Å². The molecule has 0 aliphatic carbocycles. The molecule has 0 radical (unpaired) electrons. The number of Topliss-reactive ketones (excluding diaryl/α,β-unsaturated/α-hetero) is 1. The Kier molecular flexibility index (Phi) is 6.33. The minimum absolute atomic E-state index is 0.304. The lowest BCUT2D eigenvalue weighted by atomic mass is 9.96. The SMILES string of the molecule is CC(=O)C1CCCNC1.CN1CCC[C@H]1c1cccnc1. The van der Waals surface area contributed by atoms with Crippen LogP contribution in [0.25, 0.3) is 0 Å². The molecule has 2 atom stereocenters. The molecule has 1 aromatic rings. The zero-order valence-electron chi connectivity index (χ0n) is 13.2. The minimum atomic E-state index is 0.304. The lowest BCUT2D eigenvalue weighted by Crippen LogP contribution is -2.33. The number of likely N-dealkylation sites (tertiary alicyclic amines) is 1. The number of piperidine rings is 1. The van der Waals surface area contributed by atoms with Crippen molar-refractivity contribution in [1.82, 2.24) is 15.2 Å². The number of hydrogen-bond acceptors (Lipinski definition) is 4. The molecule has 4 heteroatoms. The number of aromatic nitrogens is 1. The molecule has 0 spiro atoms. The van der Waals surface area contributed by atoms with E-state index in [0.29, 0.717) is 17.7 Å². The van der Waals surface area contributed by atoms with Crippen molar-refractivity contribution in [2.24, 2.45) is 5.92 Å². The molecule has 1 aromatic heterocycles. The summed E-state index contributed by atoms with van der Waals surface area (Å²) in [7, 11) is 2.19. The first-order valence-electron chi connectivity index (χ1n) is 8.00. The van der Waals surface area contributed by atoms with Gasteiger partial charge in [0.2, 0.25) is 0 Å². The minimum Gasteiger partial charge on any atom is -0.316 e. The molecule has 2 saturated heterocycles. The van der Waals surface area contributed by atoms with Gasteiger partial charge in [-0.1, -0.05) is 6.07 Å². The Balaban J connectivity index is 0.000000161. The topological polar surface area (TPSA) is 45.2 Å². The second-order valence-corrected chi connectivity index (χ2v) is 6.08. The molecule has 4 nitrogen and oxygen atoms in total. The highest BCUT2D eigenvalue weighted by molar-refractivity contribution is 5.78. The number of rotatable bonds is 2. The first kappa shape index (κ1) is 16.1. The summed E-state index contributed by atoms with van der Waals surface area (Å²) in [5, 5.41) is 3.20. The summed E-state index contributed by atoms with van der Waals surface area (Å²) in [5.74, 6) is 0.640. The van der Waals surface area contributed by atoms with E-state index in [4.69, 9.17) is 0 Å². The van der Waals surface area contributed by atoms with Crippen LogP contribution < -0.4 is 5.32 Å². The van der Waals surface area contributed by atoms with Crippen LogP contribution in [-0.2, 0) is 4.79 Å². The van der Waals surface area contributed by atoms with Gasteiger partial charge in [0.25, 0.3) is 0 Å². The predicted octanol–water partition coefficient (Wildman–Crippen LogP) is 2.42. The van der Waals surface area contributed by atoms with Gasteiger partial charge in [0, 0.05) is 30.9 Å². The fourth-order valence-electron chi connectivity index (χ4n) is 3.10. The molecule has 116 valence electrons. The summed E-state index contributed by atoms with van der Waals surface area (Å²) in [6.45, 7) is 4.89. The van der Waals surface area contributed by atoms with Crippen LogP contribution in [0.2, 0.25) is 0 Å². The van der Waals surface area contributed by atoms with Gasteiger partial charge >= 0.3 is 0 Å². The first-order chi connectivity index (χ1) is 10.2. The number of carbonyl (C=O) groups is 1. The normalized spacial score (nSPS) is 26.0. The molecule has 2 fully saturated rings. The van der Waals surface area contributed by atoms with Gasteiger partial charge in [0.15, 0.2) is 0 Å². The van der Waals surface area contributed by atoms with Gasteiger partial charge in [0.05, 0.1) is 0 Å². The average molecular weight is 289 g/mol. The third-order valence-electron chi connectivity index (χ3n) is 4.46. The van der Waals surface area contributed by atoms with Gasteiger partial charge in [-0.3, -0.25) is 14.7 Å². The Morgan fingerprint density at radius 3 is 2.71 bits per heavy atom. The van der Waals surface area contributed by atoms with Crippen LogP contribution in [0.3, 0.4) is 0 Å². The van der Waals surface area contributed by atoms with Crippen molar-refractivity contribution < 1.29 is 4.79 Å². The summed E-state index contributed by atoms with van der Waals surface area (Å²) in [6.07, 6.45) is 8.65. The zero-order valence-corrected chi connectivity index (χ0v) is 13.2. The Hall–Kier alpha value is -1.26.